The van der Waals surface area contributed by atoms with Gasteiger partial charge in [0, 0.05) is 23.2 Å². The molecular formula is C25H21BrN6O9. The summed E-state index contributed by atoms with van der Waals surface area (Å²) in [5.74, 6) is -0.607. The van der Waals surface area contributed by atoms with Crippen molar-refractivity contribution in [3.63, 3.8) is 0 Å². The standard InChI is InChI=1S/C25H21BrN6O9/c1-14-24(26)18(12-38-2)17(10-27)25(29-14)40-13-23(33)30-28-11-15-4-6-21(22(8-15)39-3)41-20-7-5-16(31(34)35)9-19(20)32(36)37/h4-9,11H,12-13H2,1-3H3,(H,30,33)/b28-11+. The molecule has 1 heterocycles. The molecule has 0 saturated carbocycles. The number of aromatic nitrogens is 1. The Morgan fingerprint density at radius 2 is 1.88 bits per heavy atom. The molecule has 41 heavy (non-hydrogen) atoms. The van der Waals surface area contributed by atoms with Crippen molar-refractivity contribution in [1.82, 2.24) is 10.4 Å². The fourth-order valence-corrected chi connectivity index (χ4v) is 3.78. The predicted octanol–water partition coefficient (Wildman–Crippen LogP) is 4.32. The van der Waals surface area contributed by atoms with Crippen molar-refractivity contribution in [2.45, 2.75) is 13.5 Å². The first-order chi connectivity index (χ1) is 19.6. The van der Waals surface area contributed by atoms with E-state index < -0.39 is 33.7 Å². The number of nitro benzene ring substituents is 2. The number of nitrogens with zero attached hydrogens (tertiary/aromatic N) is 5. The van der Waals surface area contributed by atoms with Gasteiger partial charge < -0.3 is 18.9 Å². The van der Waals surface area contributed by atoms with Crippen LogP contribution < -0.4 is 19.6 Å². The van der Waals surface area contributed by atoms with E-state index in [1.165, 1.54) is 38.6 Å². The van der Waals surface area contributed by atoms with Crippen LogP contribution in [-0.2, 0) is 16.1 Å². The Kier molecular flexibility index (Phi) is 10.2. The van der Waals surface area contributed by atoms with Crippen molar-refractivity contribution >= 4 is 39.4 Å². The number of rotatable bonds is 12. The van der Waals surface area contributed by atoms with Gasteiger partial charge in [0.2, 0.25) is 11.6 Å². The van der Waals surface area contributed by atoms with Gasteiger partial charge >= 0.3 is 5.69 Å². The Morgan fingerprint density at radius 1 is 1.15 bits per heavy atom. The smallest absolute Gasteiger partial charge is 0.318 e. The van der Waals surface area contributed by atoms with E-state index in [1.54, 1.807) is 6.92 Å². The molecule has 0 spiro atoms. The summed E-state index contributed by atoms with van der Waals surface area (Å²) in [7, 11) is 2.83. The first kappa shape index (κ1) is 30.4. The van der Waals surface area contributed by atoms with Gasteiger partial charge in [-0.1, -0.05) is 0 Å². The Balaban J connectivity index is 1.68. The normalized spacial score (nSPS) is 10.6. The van der Waals surface area contributed by atoms with Crippen LogP contribution in [0.15, 0.2) is 46.0 Å². The molecule has 0 unspecified atom stereocenters. The Labute approximate surface area is 240 Å². The van der Waals surface area contributed by atoms with Crippen LogP contribution >= 0.6 is 15.9 Å². The highest BCUT2D eigenvalue weighted by Crippen LogP contribution is 2.38. The first-order valence-electron chi connectivity index (χ1n) is 11.4. The van der Waals surface area contributed by atoms with Crippen LogP contribution in [0.5, 0.6) is 23.1 Å². The zero-order valence-corrected chi connectivity index (χ0v) is 23.3. The summed E-state index contributed by atoms with van der Waals surface area (Å²) >= 11 is 3.38. The van der Waals surface area contributed by atoms with Crippen LogP contribution in [0.2, 0.25) is 0 Å². The minimum Gasteiger partial charge on any atom is -0.493 e. The minimum absolute atomic E-state index is 0.0204. The number of nitriles is 1. The molecular weight excluding hydrogens is 608 g/mol. The van der Waals surface area contributed by atoms with Gasteiger partial charge in [-0.3, -0.25) is 25.0 Å². The number of nitrogens with one attached hydrogen (secondary N) is 1. The molecule has 1 N–H and O–H groups in total. The fraction of sp³-hybridized carbons (Fsp3) is 0.200. The maximum absolute atomic E-state index is 12.3. The molecule has 0 fully saturated rings. The lowest BCUT2D eigenvalue weighted by Gasteiger charge is -2.13. The number of hydrogen-bond acceptors (Lipinski definition) is 12. The van der Waals surface area contributed by atoms with Crippen LogP contribution in [0, 0.1) is 38.5 Å². The molecule has 15 nitrogen and oxygen atoms in total. The van der Waals surface area contributed by atoms with Crippen LogP contribution in [0.4, 0.5) is 11.4 Å². The quantitative estimate of drug-likeness (QED) is 0.170. The number of carbonyl (C=O) groups excluding carboxylic acids is 1. The van der Waals surface area contributed by atoms with E-state index in [9.17, 15) is 30.3 Å². The van der Waals surface area contributed by atoms with E-state index in [-0.39, 0.29) is 35.3 Å². The van der Waals surface area contributed by atoms with Gasteiger partial charge in [-0.15, -0.1) is 0 Å². The van der Waals surface area contributed by atoms with E-state index in [0.717, 1.165) is 18.2 Å². The minimum atomic E-state index is -0.796. The van der Waals surface area contributed by atoms with Gasteiger partial charge in [-0.05, 0) is 52.7 Å². The number of nitro groups is 2. The molecule has 1 aromatic heterocycles. The summed E-state index contributed by atoms with van der Waals surface area (Å²) in [6.07, 6.45) is 1.30. The number of amides is 1. The molecule has 2 aromatic carbocycles. The molecule has 16 heteroatoms. The second-order valence-electron chi connectivity index (χ2n) is 7.98. The number of benzene rings is 2. The van der Waals surface area contributed by atoms with Gasteiger partial charge in [-0.25, -0.2) is 10.4 Å². The van der Waals surface area contributed by atoms with Crippen LogP contribution in [0.1, 0.15) is 22.4 Å². The van der Waals surface area contributed by atoms with Crippen LogP contribution in [-0.4, -0.2) is 47.8 Å². The topological polar surface area (TPSA) is 201 Å². The van der Waals surface area contributed by atoms with Gasteiger partial charge in [0.25, 0.3) is 11.6 Å². The summed E-state index contributed by atoms with van der Waals surface area (Å²) in [4.78, 5) is 37.3. The predicted molar refractivity (Wildman–Crippen MR) is 146 cm³/mol. The largest absolute Gasteiger partial charge is 0.493 e. The van der Waals surface area contributed by atoms with Crippen molar-refractivity contribution < 1.29 is 33.6 Å². The second kappa shape index (κ2) is 13.8. The molecule has 0 saturated heterocycles. The van der Waals surface area contributed by atoms with E-state index >= 15 is 0 Å². The number of ether oxygens (including phenoxy) is 4. The summed E-state index contributed by atoms with van der Waals surface area (Å²) in [5.41, 5.74) is 2.93. The lowest BCUT2D eigenvalue weighted by Crippen LogP contribution is -2.25. The van der Waals surface area contributed by atoms with E-state index in [1.807, 2.05) is 6.07 Å². The van der Waals surface area contributed by atoms with Crippen LogP contribution in [0.25, 0.3) is 0 Å². The zero-order valence-electron chi connectivity index (χ0n) is 21.7. The molecule has 0 aliphatic carbocycles. The third kappa shape index (κ3) is 7.50. The number of non-ortho nitro benzene ring substituents is 1. The molecule has 0 aliphatic heterocycles. The first-order valence-corrected chi connectivity index (χ1v) is 12.2. The Morgan fingerprint density at radius 3 is 2.51 bits per heavy atom. The molecule has 212 valence electrons. The summed E-state index contributed by atoms with van der Waals surface area (Å²) in [5, 5.41) is 35.7. The molecule has 0 radical (unpaired) electrons. The maximum Gasteiger partial charge on any atom is 0.318 e. The summed E-state index contributed by atoms with van der Waals surface area (Å²) in [6, 6.07) is 9.47. The van der Waals surface area contributed by atoms with Gasteiger partial charge in [0.15, 0.2) is 18.1 Å². The van der Waals surface area contributed by atoms with Crippen molar-refractivity contribution in [2.75, 3.05) is 20.8 Å². The highest BCUT2D eigenvalue weighted by atomic mass is 79.9. The molecule has 0 bridgehead atoms. The van der Waals surface area contributed by atoms with Gasteiger partial charge in [0.1, 0.15) is 11.6 Å². The molecule has 0 atom stereocenters. The lowest BCUT2D eigenvalue weighted by molar-refractivity contribution is -0.394. The second-order valence-corrected chi connectivity index (χ2v) is 8.77. The van der Waals surface area contributed by atoms with Gasteiger partial charge in [-0.2, -0.15) is 10.4 Å². The van der Waals surface area contributed by atoms with Crippen molar-refractivity contribution in [3.8, 4) is 29.2 Å². The SMILES string of the molecule is COCc1c(Br)c(C)nc(OCC(=O)N/N=C/c2ccc(Oc3ccc([N+](=O)[O-])cc3[N+](=O)[O-])c(OC)c2)c1C#N. The number of halogens is 1. The van der Waals surface area contributed by atoms with E-state index in [0.29, 0.717) is 21.3 Å². The molecule has 0 aliphatic rings. The van der Waals surface area contributed by atoms with E-state index in [2.05, 4.69) is 31.4 Å². The van der Waals surface area contributed by atoms with Crippen molar-refractivity contribution in [1.29, 1.82) is 5.26 Å². The highest BCUT2D eigenvalue weighted by Gasteiger charge is 2.22. The Hall–Kier alpha value is -5.14. The van der Waals surface area contributed by atoms with Crippen molar-refractivity contribution in [3.05, 3.63) is 83.5 Å². The lowest BCUT2D eigenvalue weighted by atomic mass is 10.1. The number of hydrazone groups is 1. The highest BCUT2D eigenvalue weighted by molar-refractivity contribution is 9.10. The molecule has 3 aromatic rings. The molecule has 3 rings (SSSR count). The number of hydrogen-bond donors (Lipinski definition) is 1. The number of aryl methyl sites for hydroxylation is 1. The zero-order chi connectivity index (χ0) is 30.1. The Bertz CT molecular complexity index is 1570. The van der Waals surface area contributed by atoms with E-state index in [4.69, 9.17) is 18.9 Å². The number of carbonyl (C=O) groups is 1. The summed E-state index contributed by atoms with van der Waals surface area (Å²) in [6.45, 7) is 1.37. The molecule has 1 amide bonds. The van der Waals surface area contributed by atoms with Crippen molar-refractivity contribution in [2.24, 2.45) is 5.10 Å². The average molecular weight is 629 g/mol. The van der Waals surface area contributed by atoms with Gasteiger partial charge in [0.05, 0.1) is 41.5 Å². The van der Waals surface area contributed by atoms with Crippen LogP contribution in [0.3, 0.4) is 0 Å². The third-order valence-corrected chi connectivity index (χ3v) is 6.32. The third-order valence-electron chi connectivity index (χ3n) is 5.27. The maximum atomic E-state index is 12.3. The number of methoxy groups -OCH3 is 2. The average Bonchev–Trinajstić information content (AvgIpc) is 2.95. The fourth-order valence-electron chi connectivity index (χ4n) is 3.37. The summed E-state index contributed by atoms with van der Waals surface area (Å²) < 4.78 is 22.1. The number of pyridine rings is 1. The monoisotopic (exact) mass is 628 g/mol.